The molecule has 1 aromatic heterocycles. The van der Waals surface area contributed by atoms with Crippen LogP contribution in [0.5, 0.6) is 0 Å². The van der Waals surface area contributed by atoms with Gasteiger partial charge in [0.2, 0.25) is 5.91 Å². The van der Waals surface area contributed by atoms with Gasteiger partial charge in [-0.05, 0) is 85.9 Å². The van der Waals surface area contributed by atoms with Gasteiger partial charge in [-0.15, -0.1) is 0 Å². The van der Waals surface area contributed by atoms with Crippen molar-refractivity contribution in [1.82, 2.24) is 9.55 Å². The van der Waals surface area contributed by atoms with E-state index in [0.717, 1.165) is 50.6 Å². The number of fused-ring (bicyclic) bond motifs is 9. The van der Waals surface area contributed by atoms with Gasteiger partial charge in [-0.3, -0.25) is 14.2 Å². The van der Waals surface area contributed by atoms with Crippen LogP contribution in [0, 0.1) is 68.5 Å². The van der Waals surface area contributed by atoms with Gasteiger partial charge in [0, 0.05) is 17.0 Å². The molecule has 7 rings (SSSR count). The molecule has 4 unspecified atom stereocenters. The Balaban J connectivity index is 1.38. The quantitative estimate of drug-likeness (QED) is 0.263. The zero-order chi connectivity index (χ0) is 30.3. The van der Waals surface area contributed by atoms with Crippen LogP contribution in [0.3, 0.4) is 0 Å². The molecule has 1 aromatic rings. The first-order valence-corrected chi connectivity index (χ1v) is 16.2. The average molecular weight is 570 g/mol. The second-order valence-corrected chi connectivity index (χ2v) is 16.9. The van der Waals surface area contributed by atoms with Crippen molar-refractivity contribution in [1.29, 1.82) is 5.26 Å². The number of carbonyl (C=O) groups excluding carboxylic acids is 2. The summed E-state index contributed by atoms with van der Waals surface area (Å²) in [6.07, 6.45) is 14.9. The Labute approximate surface area is 251 Å². The normalized spacial score (nSPS) is 46.3. The van der Waals surface area contributed by atoms with E-state index in [1.807, 2.05) is 33.0 Å². The van der Waals surface area contributed by atoms with Crippen LogP contribution in [-0.2, 0) is 9.53 Å². The molecule has 9 atom stereocenters. The number of aryl methyl sites for hydroxylation is 1. The van der Waals surface area contributed by atoms with E-state index in [2.05, 4.69) is 51.7 Å². The van der Waals surface area contributed by atoms with E-state index in [-0.39, 0.29) is 57.9 Å². The number of epoxide rings is 1. The van der Waals surface area contributed by atoms with Gasteiger partial charge in [-0.2, -0.15) is 5.26 Å². The molecule has 1 saturated heterocycles. The molecule has 0 amide bonds. The lowest BCUT2D eigenvalue weighted by molar-refractivity contribution is -0.149. The Morgan fingerprint density at radius 2 is 1.79 bits per heavy atom. The number of rotatable bonds is 1. The van der Waals surface area contributed by atoms with Gasteiger partial charge in [0.15, 0.2) is 5.78 Å². The van der Waals surface area contributed by atoms with Crippen molar-refractivity contribution in [2.45, 2.75) is 113 Å². The molecule has 5 aliphatic carbocycles. The highest BCUT2D eigenvalue weighted by molar-refractivity contribution is 6.04. The number of ketones is 1. The average Bonchev–Trinajstić information content (AvgIpc) is 3.55. The number of aromatic nitrogens is 2. The van der Waals surface area contributed by atoms with Gasteiger partial charge in [0.05, 0.1) is 22.8 Å². The Morgan fingerprint density at radius 3 is 2.45 bits per heavy atom. The summed E-state index contributed by atoms with van der Waals surface area (Å²) in [5.74, 6) is 0.801. The standard InChI is InChI=1S/C36H47N3O3/c1-21-19-39(20-38-21)30(41)36-13-11-31(2,3)17-23(36)27-28-24(42-28)15-26-33(6)16-22(18-37)29(40)32(4,5)25(33)9-10-34(26,7)35(27,8)12-14-36/h15-16,19-20,23-25,27-28H,9-14,17H2,1-8H3/t23?,24?,25?,27?,28-,33+,34-,35-,36+/m1/s1. The van der Waals surface area contributed by atoms with Crippen molar-refractivity contribution in [3.8, 4) is 6.07 Å². The number of nitriles is 1. The highest BCUT2D eigenvalue weighted by atomic mass is 16.6. The summed E-state index contributed by atoms with van der Waals surface area (Å²) in [5, 5.41) is 10.0. The van der Waals surface area contributed by atoms with Crippen LogP contribution in [0.15, 0.2) is 35.8 Å². The number of nitrogens with zero attached hydrogens (tertiary/aromatic N) is 3. The molecule has 4 fully saturated rings. The van der Waals surface area contributed by atoms with Gasteiger partial charge < -0.3 is 4.74 Å². The van der Waals surface area contributed by atoms with Crippen LogP contribution in [0.25, 0.3) is 0 Å². The molecular formula is C36H47N3O3. The number of imidazole rings is 1. The van der Waals surface area contributed by atoms with Crippen LogP contribution in [0.1, 0.15) is 104 Å². The maximum absolute atomic E-state index is 14.5. The molecule has 224 valence electrons. The fourth-order valence-electron chi connectivity index (χ4n) is 11.5. The zero-order valence-electron chi connectivity index (χ0n) is 26.7. The molecule has 2 heterocycles. The summed E-state index contributed by atoms with van der Waals surface area (Å²) < 4.78 is 8.41. The lowest BCUT2D eigenvalue weighted by Crippen LogP contribution is -2.63. The van der Waals surface area contributed by atoms with E-state index < -0.39 is 16.2 Å². The van der Waals surface area contributed by atoms with Crippen molar-refractivity contribution in [2.24, 2.45) is 50.2 Å². The molecule has 0 radical (unpaired) electrons. The van der Waals surface area contributed by atoms with E-state index in [0.29, 0.717) is 5.57 Å². The lowest BCUT2D eigenvalue weighted by Gasteiger charge is -2.67. The molecule has 1 aliphatic heterocycles. The van der Waals surface area contributed by atoms with Crippen molar-refractivity contribution < 1.29 is 14.3 Å². The monoisotopic (exact) mass is 569 g/mol. The van der Waals surface area contributed by atoms with Crippen LogP contribution in [-0.4, -0.2) is 33.4 Å². The first kappa shape index (κ1) is 28.3. The molecule has 0 spiro atoms. The summed E-state index contributed by atoms with van der Waals surface area (Å²) in [4.78, 5) is 32.4. The first-order chi connectivity index (χ1) is 19.5. The maximum atomic E-state index is 14.5. The van der Waals surface area contributed by atoms with Crippen LogP contribution < -0.4 is 0 Å². The Hall–Kier alpha value is -2.52. The minimum Gasteiger partial charge on any atom is -0.365 e. The van der Waals surface area contributed by atoms with Crippen molar-refractivity contribution in [3.63, 3.8) is 0 Å². The minimum atomic E-state index is -0.600. The van der Waals surface area contributed by atoms with E-state index >= 15 is 0 Å². The minimum absolute atomic E-state index is 0.0184. The van der Waals surface area contributed by atoms with Crippen LogP contribution in [0.4, 0.5) is 0 Å². The fraction of sp³-hybridized carbons (Fsp3) is 0.722. The number of Topliss-reactive ketones (excluding diaryl/α,β-unsaturated/α-hetero) is 1. The van der Waals surface area contributed by atoms with Crippen molar-refractivity contribution in [3.05, 3.63) is 41.5 Å². The second kappa shape index (κ2) is 8.35. The summed E-state index contributed by atoms with van der Waals surface area (Å²) in [7, 11) is 0. The molecule has 6 aliphatic rings. The summed E-state index contributed by atoms with van der Waals surface area (Å²) in [6, 6.07) is 2.27. The number of hydrogen-bond acceptors (Lipinski definition) is 5. The maximum Gasteiger partial charge on any atom is 0.238 e. The summed E-state index contributed by atoms with van der Waals surface area (Å²) >= 11 is 0. The van der Waals surface area contributed by atoms with Gasteiger partial charge in [0.25, 0.3) is 0 Å². The molecule has 3 saturated carbocycles. The summed E-state index contributed by atoms with van der Waals surface area (Å²) in [5.41, 5.74) is 1.09. The Bertz CT molecular complexity index is 1510. The topological polar surface area (TPSA) is 88.3 Å². The Kier molecular flexibility index (Phi) is 5.62. The largest absolute Gasteiger partial charge is 0.365 e. The third-order valence-electron chi connectivity index (χ3n) is 14.0. The molecule has 42 heavy (non-hydrogen) atoms. The van der Waals surface area contributed by atoms with Crippen LogP contribution >= 0.6 is 0 Å². The molecule has 0 bridgehead atoms. The van der Waals surface area contributed by atoms with Gasteiger partial charge in [-0.1, -0.05) is 66.2 Å². The third kappa shape index (κ3) is 3.38. The second-order valence-electron chi connectivity index (χ2n) is 16.9. The van der Waals surface area contributed by atoms with Crippen molar-refractivity contribution >= 4 is 11.7 Å². The summed E-state index contributed by atoms with van der Waals surface area (Å²) in [6.45, 7) is 18.1. The third-order valence-corrected chi connectivity index (χ3v) is 14.0. The van der Waals surface area contributed by atoms with E-state index in [9.17, 15) is 14.9 Å². The highest BCUT2D eigenvalue weighted by Gasteiger charge is 2.73. The molecular weight excluding hydrogens is 522 g/mol. The highest BCUT2D eigenvalue weighted by Crippen LogP contribution is 2.76. The SMILES string of the molecule is Cc1cn(C(=O)[C@]23CCC(C)(C)CC2C2[C@@H]4OC4C=C4[C@@]5(C)C=C(C#N)C(=O)C(C)(C)C5CC[C@@]4(C)[C@]2(C)CC3)cn1. The fourth-order valence-corrected chi connectivity index (χ4v) is 11.5. The van der Waals surface area contributed by atoms with E-state index in [1.165, 1.54) is 5.57 Å². The van der Waals surface area contributed by atoms with E-state index in [1.54, 1.807) is 10.9 Å². The molecule has 6 heteroatoms. The first-order valence-electron chi connectivity index (χ1n) is 16.2. The van der Waals surface area contributed by atoms with E-state index in [4.69, 9.17) is 4.74 Å². The van der Waals surface area contributed by atoms with Gasteiger partial charge in [0.1, 0.15) is 18.5 Å². The smallest absolute Gasteiger partial charge is 0.238 e. The number of hydrogen-bond donors (Lipinski definition) is 0. The molecule has 0 N–H and O–H groups in total. The molecule has 6 nitrogen and oxygen atoms in total. The zero-order valence-corrected chi connectivity index (χ0v) is 26.7. The predicted octanol–water partition coefficient (Wildman–Crippen LogP) is 7.25. The number of allylic oxidation sites excluding steroid dienone is 3. The molecule has 0 aromatic carbocycles. The number of carbonyl (C=O) groups is 2. The number of ether oxygens (including phenoxy) is 1. The van der Waals surface area contributed by atoms with Gasteiger partial charge in [-0.25, -0.2) is 4.98 Å². The van der Waals surface area contributed by atoms with Crippen molar-refractivity contribution in [2.75, 3.05) is 0 Å². The predicted molar refractivity (Wildman–Crippen MR) is 160 cm³/mol. The van der Waals surface area contributed by atoms with Gasteiger partial charge >= 0.3 is 0 Å². The van der Waals surface area contributed by atoms with Crippen LogP contribution in [0.2, 0.25) is 0 Å². The lowest BCUT2D eigenvalue weighted by atomic mass is 9.36. The Morgan fingerprint density at radius 1 is 1.07 bits per heavy atom.